The summed E-state index contributed by atoms with van der Waals surface area (Å²) in [6, 6.07) is 10.9. The smallest absolute Gasteiger partial charge is 0.0983 e. The Morgan fingerprint density at radius 1 is 1.26 bits per heavy atom. The van der Waals surface area contributed by atoms with Crippen LogP contribution in [-0.4, -0.2) is 40.3 Å². The molecule has 2 rings (SSSR count). The molecule has 1 aromatic carbocycles. The summed E-state index contributed by atoms with van der Waals surface area (Å²) in [5, 5.41) is 9.59. The molecule has 1 saturated heterocycles. The standard InChI is InChI=1S/C16H25NO2/c1-12(2)17-15(16(17,3)4)14(10-18)19-11-13-8-6-5-7-9-13/h5-9,12,14-15,18H,10-11H2,1-4H3/t14-,15+,17?/m1/s1. The first-order valence-electron chi connectivity index (χ1n) is 7.03. The first-order chi connectivity index (χ1) is 8.98. The molecule has 1 aromatic rings. The first kappa shape index (κ1) is 14.5. The molecule has 1 aliphatic heterocycles. The van der Waals surface area contributed by atoms with E-state index in [1.165, 1.54) is 0 Å². The number of benzene rings is 1. The first-order valence-corrected chi connectivity index (χ1v) is 7.03. The lowest BCUT2D eigenvalue weighted by Crippen LogP contribution is -2.29. The molecular weight excluding hydrogens is 238 g/mol. The van der Waals surface area contributed by atoms with E-state index in [9.17, 15) is 5.11 Å². The second-order valence-electron chi connectivity index (χ2n) is 6.12. The fourth-order valence-corrected chi connectivity index (χ4v) is 3.19. The lowest BCUT2D eigenvalue weighted by molar-refractivity contribution is -0.00715. The van der Waals surface area contributed by atoms with Crippen LogP contribution in [0, 0.1) is 0 Å². The van der Waals surface area contributed by atoms with Crippen LogP contribution in [0.1, 0.15) is 33.3 Å². The van der Waals surface area contributed by atoms with Gasteiger partial charge in [0.05, 0.1) is 25.4 Å². The van der Waals surface area contributed by atoms with E-state index >= 15 is 0 Å². The van der Waals surface area contributed by atoms with Gasteiger partial charge in [-0.15, -0.1) is 0 Å². The Balaban J connectivity index is 1.95. The maximum Gasteiger partial charge on any atom is 0.0983 e. The van der Waals surface area contributed by atoms with Gasteiger partial charge in [-0.3, -0.25) is 4.90 Å². The van der Waals surface area contributed by atoms with Gasteiger partial charge in [0.2, 0.25) is 0 Å². The van der Waals surface area contributed by atoms with Gasteiger partial charge in [0.25, 0.3) is 0 Å². The summed E-state index contributed by atoms with van der Waals surface area (Å²) >= 11 is 0. The molecule has 3 nitrogen and oxygen atoms in total. The van der Waals surface area contributed by atoms with Crippen molar-refractivity contribution in [2.75, 3.05) is 6.61 Å². The van der Waals surface area contributed by atoms with Gasteiger partial charge in [-0.05, 0) is 33.3 Å². The molecule has 1 fully saturated rings. The molecule has 0 radical (unpaired) electrons. The average Bonchev–Trinajstić information content (AvgIpc) is 2.95. The lowest BCUT2D eigenvalue weighted by atomic mass is 10.1. The minimum atomic E-state index is -0.113. The highest BCUT2D eigenvalue weighted by molar-refractivity contribution is 5.17. The molecule has 106 valence electrons. The number of hydrogen-bond donors (Lipinski definition) is 1. The van der Waals surface area contributed by atoms with Crippen LogP contribution in [0.4, 0.5) is 0 Å². The largest absolute Gasteiger partial charge is 0.394 e. The second kappa shape index (κ2) is 5.61. The fraction of sp³-hybridized carbons (Fsp3) is 0.625. The van der Waals surface area contributed by atoms with Crippen molar-refractivity contribution in [1.29, 1.82) is 0 Å². The molecule has 1 aliphatic rings. The van der Waals surface area contributed by atoms with E-state index in [-0.39, 0.29) is 18.2 Å². The zero-order chi connectivity index (χ0) is 14.0. The predicted octanol–water partition coefficient (Wildman–Crippen LogP) is 2.44. The van der Waals surface area contributed by atoms with Crippen LogP contribution in [0.2, 0.25) is 0 Å². The number of hydrogen-bond acceptors (Lipinski definition) is 3. The number of nitrogens with zero attached hydrogens (tertiary/aromatic N) is 1. The summed E-state index contributed by atoms with van der Waals surface area (Å²) in [5.41, 5.74) is 1.27. The molecule has 0 spiro atoms. The SMILES string of the molecule is CC(C)N1[C@@H]([C@@H](CO)OCc2ccccc2)C1(C)C. The Hall–Kier alpha value is -0.900. The Bertz CT molecular complexity index is 402. The van der Waals surface area contributed by atoms with Crippen molar-refractivity contribution in [3.05, 3.63) is 35.9 Å². The zero-order valence-electron chi connectivity index (χ0n) is 12.3. The quantitative estimate of drug-likeness (QED) is 0.800. The summed E-state index contributed by atoms with van der Waals surface area (Å²) < 4.78 is 5.93. The number of aliphatic hydroxyl groups excluding tert-OH is 1. The highest BCUT2D eigenvalue weighted by atomic mass is 16.5. The molecule has 0 amide bonds. The number of ether oxygens (including phenoxy) is 1. The van der Waals surface area contributed by atoms with Gasteiger partial charge in [0.1, 0.15) is 0 Å². The van der Waals surface area contributed by atoms with Gasteiger partial charge in [-0.25, -0.2) is 0 Å². The highest BCUT2D eigenvalue weighted by Gasteiger charge is 2.60. The molecular formula is C16H25NO2. The van der Waals surface area contributed by atoms with E-state index in [2.05, 4.69) is 32.6 Å². The zero-order valence-corrected chi connectivity index (χ0v) is 12.3. The minimum absolute atomic E-state index is 0.0736. The fourth-order valence-electron chi connectivity index (χ4n) is 3.19. The van der Waals surface area contributed by atoms with E-state index in [1.54, 1.807) is 0 Å². The molecule has 1 N–H and O–H groups in total. The summed E-state index contributed by atoms with van der Waals surface area (Å²) in [4.78, 5) is 2.40. The van der Waals surface area contributed by atoms with Crippen molar-refractivity contribution in [3.63, 3.8) is 0 Å². The number of aliphatic hydroxyl groups is 1. The summed E-state index contributed by atoms with van der Waals surface area (Å²) in [6.45, 7) is 9.44. The van der Waals surface area contributed by atoms with Gasteiger partial charge in [0.15, 0.2) is 0 Å². The van der Waals surface area contributed by atoms with Gasteiger partial charge in [0, 0.05) is 11.6 Å². The van der Waals surface area contributed by atoms with Crippen LogP contribution in [0.3, 0.4) is 0 Å². The summed E-state index contributed by atoms with van der Waals surface area (Å²) in [6.07, 6.45) is -0.113. The van der Waals surface area contributed by atoms with Crippen molar-refractivity contribution in [1.82, 2.24) is 4.90 Å². The van der Waals surface area contributed by atoms with Crippen molar-refractivity contribution < 1.29 is 9.84 Å². The van der Waals surface area contributed by atoms with E-state index in [0.29, 0.717) is 18.7 Å². The summed E-state index contributed by atoms with van der Waals surface area (Å²) in [5.74, 6) is 0. The van der Waals surface area contributed by atoms with Crippen LogP contribution in [0.5, 0.6) is 0 Å². The summed E-state index contributed by atoms with van der Waals surface area (Å²) in [7, 11) is 0. The second-order valence-corrected chi connectivity index (χ2v) is 6.12. The third-order valence-corrected chi connectivity index (χ3v) is 4.02. The van der Waals surface area contributed by atoms with Gasteiger partial charge < -0.3 is 9.84 Å². The van der Waals surface area contributed by atoms with Crippen molar-refractivity contribution in [3.8, 4) is 0 Å². The van der Waals surface area contributed by atoms with E-state index in [1.807, 2.05) is 30.3 Å². The van der Waals surface area contributed by atoms with Crippen LogP contribution >= 0.6 is 0 Å². The topological polar surface area (TPSA) is 32.5 Å². The van der Waals surface area contributed by atoms with Gasteiger partial charge >= 0.3 is 0 Å². The lowest BCUT2D eigenvalue weighted by Gasteiger charge is -2.17. The van der Waals surface area contributed by atoms with E-state index < -0.39 is 0 Å². The molecule has 0 aromatic heterocycles. The van der Waals surface area contributed by atoms with E-state index in [4.69, 9.17) is 4.74 Å². The molecule has 0 aliphatic carbocycles. The van der Waals surface area contributed by atoms with Crippen LogP contribution in [-0.2, 0) is 11.3 Å². The third-order valence-electron chi connectivity index (χ3n) is 4.02. The average molecular weight is 263 g/mol. The molecule has 0 saturated carbocycles. The van der Waals surface area contributed by atoms with Gasteiger partial charge in [-0.1, -0.05) is 30.3 Å². The van der Waals surface area contributed by atoms with Crippen LogP contribution in [0.15, 0.2) is 30.3 Å². The minimum Gasteiger partial charge on any atom is -0.394 e. The maximum absolute atomic E-state index is 9.59. The Morgan fingerprint density at radius 2 is 1.89 bits per heavy atom. The maximum atomic E-state index is 9.59. The molecule has 0 bridgehead atoms. The Labute approximate surface area is 116 Å². The monoisotopic (exact) mass is 263 g/mol. The van der Waals surface area contributed by atoms with Crippen LogP contribution in [0.25, 0.3) is 0 Å². The van der Waals surface area contributed by atoms with Crippen molar-refractivity contribution in [2.24, 2.45) is 0 Å². The number of rotatable bonds is 6. The van der Waals surface area contributed by atoms with Crippen molar-refractivity contribution >= 4 is 0 Å². The molecule has 1 unspecified atom stereocenters. The van der Waals surface area contributed by atoms with E-state index in [0.717, 1.165) is 5.56 Å². The Morgan fingerprint density at radius 3 is 2.37 bits per heavy atom. The van der Waals surface area contributed by atoms with Crippen molar-refractivity contribution in [2.45, 2.75) is 58.0 Å². The highest BCUT2D eigenvalue weighted by Crippen LogP contribution is 2.45. The molecule has 1 heterocycles. The van der Waals surface area contributed by atoms with Gasteiger partial charge in [-0.2, -0.15) is 0 Å². The third kappa shape index (κ3) is 2.99. The molecule has 3 atom stereocenters. The molecule has 19 heavy (non-hydrogen) atoms. The van der Waals surface area contributed by atoms with Crippen LogP contribution < -0.4 is 0 Å². The molecule has 3 heteroatoms. The Kier molecular flexibility index (Phi) is 4.29. The normalized spacial score (nSPS) is 26.4. The predicted molar refractivity (Wildman–Crippen MR) is 76.9 cm³/mol.